The van der Waals surface area contributed by atoms with Crippen molar-refractivity contribution in [1.29, 1.82) is 0 Å². The van der Waals surface area contributed by atoms with Gasteiger partial charge in [-0.1, -0.05) is 25.0 Å². The van der Waals surface area contributed by atoms with Crippen LogP contribution in [0, 0.1) is 0 Å². The number of nitrogens with zero attached hydrogens (tertiary/aromatic N) is 5. The number of rotatable bonds is 4. The number of methoxy groups -OCH3 is 1. The number of amides is 2. The predicted octanol–water partition coefficient (Wildman–Crippen LogP) is 3.87. The Hall–Kier alpha value is -2.54. The number of urea groups is 1. The molecule has 27 heavy (non-hydrogen) atoms. The molecule has 1 aromatic heterocycles. The monoisotopic (exact) mass is 387 g/mol. The molecule has 1 saturated carbocycles. The second-order valence-corrected chi connectivity index (χ2v) is 7.22. The Labute approximate surface area is 163 Å². The Balaban J connectivity index is 1.73. The molecule has 4 rings (SSSR count). The van der Waals surface area contributed by atoms with Crippen molar-refractivity contribution in [2.24, 2.45) is 0 Å². The summed E-state index contributed by atoms with van der Waals surface area (Å²) in [5, 5.41) is 3.98. The van der Waals surface area contributed by atoms with E-state index in [2.05, 4.69) is 9.97 Å². The lowest BCUT2D eigenvalue weighted by atomic mass is 10.2. The standard InChI is InChI=1S/C19H22ClN5O2/c1-23-16-11-21-18(20)22-17(16)25(14-5-3-4-6-14)24(19(23)26)12-13-7-9-15(27-2)10-8-13/h7-11,14H,3-6,12H2,1-2H3. The maximum Gasteiger partial charge on any atom is 0.343 e. The molecule has 0 unspecified atom stereocenters. The van der Waals surface area contributed by atoms with Crippen LogP contribution in [-0.2, 0) is 6.54 Å². The molecule has 0 N–H and O–H groups in total. The first-order valence-electron chi connectivity index (χ1n) is 9.08. The first-order chi connectivity index (χ1) is 13.1. The molecule has 1 aromatic carbocycles. The number of halogens is 1. The Kier molecular flexibility index (Phi) is 4.78. The summed E-state index contributed by atoms with van der Waals surface area (Å²) in [6, 6.07) is 7.88. The van der Waals surface area contributed by atoms with Gasteiger partial charge in [-0.15, -0.1) is 0 Å². The van der Waals surface area contributed by atoms with E-state index in [0.29, 0.717) is 18.1 Å². The molecule has 1 aliphatic carbocycles. The summed E-state index contributed by atoms with van der Waals surface area (Å²) in [4.78, 5) is 23.3. The van der Waals surface area contributed by atoms with Crippen LogP contribution in [0.5, 0.6) is 5.75 Å². The average Bonchev–Trinajstić information content (AvgIpc) is 3.21. The Morgan fingerprint density at radius 3 is 2.59 bits per heavy atom. The van der Waals surface area contributed by atoms with Crippen molar-refractivity contribution in [2.45, 2.75) is 38.3 Å². The normalized spacial score (nSPS) is 17.4. The first-order valence-corrected chi connectivity index (χ1v) is 9.46. The summed E-state index contributed by atoms with van der Waals surface area (Å²) in [5.41, 5.74) is 1.70. The van der Waals surface area contributed by atoms with E-state index in [1.807, 2.05) is 29.3 Å². The number of carbonyl (C=O) groups excluding carboxylic acids is 1. The second kappa shape index (κ2) is 7.23. The van der Waals surface area contributed by atoms with Gasteiger partial charge in [-0.05, 0) is 42.1 Å². The maximum absolute atomic E-state index is 13.2. The van der Waals surface area contributed by atoms with E-state index in [-0.39, 0.29) is 17.4 Å². The summed E-state index contributed by atoms with van der Waals surface area (Å²) in [5.74, 6) is 1.48. The third-order valence-electron chi connectivity index (χ3n) is 5.23. The zero-order chi connectivity index (χ0) is 19.0. The highest BCUT2D eigenvalue weighted by atomic mass is 35.5. The lowest BCUT2D eigenvalue weighted by Gasteiger charge is -2.46. The van der Waals surface area contributed by atoms with Gasteiger partial charge in [0.25, 0.3) is 0 Å². The summed E-state index contributed by atoms with van der Waals surface area (Å²) in [6.45, 7) is 0.449. The smallest absolute Gasteiger partial charge is 0.343 e. The Morgan fingerprint density at radius 2 is 1.93 bits per heavy atom. The fourth-order valence-electron chi connectivity index (χ4n) is 3.80. The van der Waals surface area contributed by atoms with Crippen LogP contribution >= 0.6 is 11.6 Å². The molecule has 0 spiro atoms. The van der Waals surface area contributed by atoms with Gasteiger partial charge in [0.1, 0.15) is 11.4 Å². The Morgan fingerprint density at radius 1 is 1.22 bits per heavy atom. The van der Waals surface area contributed by atoms with Crippen molar-refractivity contribution in [3.05, 3.63) is 41.3 Å². The van der Waals surface area contributed by atoms with E-state index < -0.39 is 0 Å². The number of fused-ring (bicyclic) bond motifs is 1. The van der Waals surface area contributed by atoms with Crippen LogP contribution in [0.3, 0.4) is 0 Å². The number of hydrogen-bond donors (Lipinski definition) is 0. The minimum atomic E-state index is -0.101. The molecule has 0 atom stereocenters. The molecule has 0 saturated heterocycles. The van der Waals surface area contributed by atoms with Crippen LogP contribution in [0.25, 0.3) is 0 Å². The van der Waals surface area contributed by atoms with Gasteiger partial charge >= 0.3 is 6.03 Å². The fourth-order valence-corrected chi connectivity index (χ4v) is 3.93. The van der Waals surface area contributed by atoms with E-state index in [4.69, 9.17) is 16.3 Å². The van der Waals surface area contributed by atoms with E-state index >= 15 is 0 Å². The van der Waals surface area contributed by atoms with Gasteiger partial charge in [-0.2, -0.15) is 4.98 Å². The van der Waals surface area contributed by atoms with Crippen LogP contribution < -0.4 is 14.6 Å². The molecule has 2 aliphatic rings. The first kappa shape index (κ1) is 17.9. The molecule has 2 aromatic rings. The zero-order valence-corrected chi connectivity index (χ0v) is 16.2. The van der Waals surface area contributed by atoms with E-state index in [9.17, 15) is 4.79 Å². The van der Waals surface area contributed by atoms with Crippen LogP contribution in [-0.4, -0.2) is 41.2 Å². The van der Waals surface area contributed by atoms with E-state index in [1.54, 1.807) is 30.3 Å². The molecule has 1 fully saturated rings. The van der Waals surface area contributed by atoms with Gasteiger partial charge in [0.2, 0.25) is 5.28 Å². The van der Waals surface area contributed by atoms with Gasteiger partial charge in [-0.3, -0.25) is 9.91 Å². The highest BCUT2D eigenvalue weighted by Gasteiger charge is 2.40. The largest absolute Gasteiger partial charge is 0.497 e. The highest BCUT2D eigenvalue weighted by Crippen LogP contribution is 2.39. The van der Waals surface area contributed by atoms with Crippen molar-refractivity contribution >= 4 is 29.1 Å². The average molecular weight is 388 g/mol. The van der Waals surface area contributed by atoms with Crippen molar-refractivity contribution < 1.29 is 9.53 Å². The predicted molar refractivity (Wildman–Crippen MR) is 104 cm³/mol. The van der Waals surface area contributed by atoms with Crippen molar-refractivity contribution in [3.63, 3.8) is 0 Å². The van der Waals surface area contributed by atoms with Crippen LogP contribution in [0.1, 0.15) is 31.2 Å². The van der Waals surface area contributed by atoms with Crippen molar-refractivity contribution in [1.82, 2.24) is 15.0 Å². The Bertz CT molecular complexity index is 838. The quantitative estimate of drug-likeness (QED) is 0.745. The number of hydrazine groups is 1. The third-order valence-corrected chi connectivity index (χ3v) is 5.41. The topological polar surface area (TPSA) is 61.8 Å². The molecule has 8 heteroatoms. The van der Waals surface area contributed by atoms with Crippen LogP contribution in [0.2, 0.25) is 5.28 Å². The number of aromatic nitrogens is 2. The second-order valence-electron chi connectivity index (χ2n) is 6.88. The molecule has 2 heterocycles. The minimum Gasteiger partial charge on any atom is -0.497 e. The number of ether oxygens (including phenoxy) is 1. The van der Waals surface area contributed by atoms with Crippen LogP contribution in [0.4, 0.5) is 16.3 Å². The van der Waals surface area contributed by atoms with Crippen molar-refractivity contribution in [2.75, 3.05) is 24.1 Å². The molecule has 2 amide bonds. The molecular weight excluding hydrogens is 366 g/mol. The fraction of sp³-hybridized carbons (Fsp3) is 0.421. The SMILES string of the molecule is COc1ccc(CN2C(=O)N(C)c3cnc(Cl)nc3N2C2CCCC2)cc1. The molecule has 142 valence electrons. The lowest BCUT2D eigenvalue weighted by Crippen LogP contribution is -2.58. The molecule has 1 aliphatic heterocycles. The molecule has 7 nitrogen and oxygen atoms in total. The summed E-state index contributed by atoms with van der Waals surface area (Å²) < 4.78 is 5.23. The molecule has 0 radical (unpaired) electrons. The van der Waals surface area contributed by atoms with Crippen LogP contribution in [0.15, 0.2) is 30.5 Å². The van der Waals surface area contributed by atoms with Gasteiger partial charge in [0.15, 0.2) is 5.82 Å². The molecular formula is C19H22ClN5O2. The number of anilines is 2. The highest BCUT2D eigenvalue weighted by molar-refractivity contribution is 6.28. The van der Waals surface area contributed by atoms with Gasteiger partial charge in [-0.25, -0.2) is 14.8 Å². The van der Waals surface area contributed by atoms with E-state index in [1.165, 1.54) is 0 Å². The summed E-state index contributed by atoms with van der Waals surface area (Å²) in [7, 11) is 3.38. The number of benzene rings is 1. The summed E-state index contributed by atoms with van der Waals surface area (Å²) >= 11 is 6.09. The van der Waals surface area contributed by atoms with E-state index in [0.717, 1.165) is 37.0 Å². The number of carbonyl (C=O) groups is 1. The lowest BCUT2D eigenvalue weighted by molar-refractivity contribution is 0.184. The van der Waals surface area contributed by atoms with Gasteiger partial charge in [0, 0.05) is 7.05 Å². The summed E-state index contributed by atoms with van der Waals surface area (Å²) in [6.07, 6.45) is 5.97. The van der Waals surface area contributed by atoms with Crippen molar-refractivity contribution in [3.8, 4) is 5.75 Å². The number of hydrogen-bond acceptors (Lipinski definition) is 5. The van der Waals surface area contributed by atoms with Gasteiger partial charge < -0.3 is 4.74 Å². The third kappa shape index (κ3) is 3.27. The zero-order valence-electron chi connectivity index (χ0n) is 15.4. The molecule has 0 bridgehead atoms. The van der Waals surface area contributed by atoms with Gasteiger partial charge in [0.05, 0.1) is 25.9 Å². The minimum absolute atomic E-state index is 0.101. The maximum atomic E-state index is 13.2.